The maximum atomic E-state index is 5.46. The van der Waals surface area contributed by atoms with Crippen molar-refractivity contribution >= 4 is 11.6 Å². The summed E-state index contributed by atoms with van der Waals surface area (Å²) in [5.41, 5.74) is 0. The quantitative estimate of drug-likeness (QED) is 0.432. The highest BCUT2D eigenvalue weighted by Gasteiger charge is 1.96. The van der Waals surface area contributed by atoms with Gasteiger partial charge in [-0.05, 0) is 20.0 Å². The van der Waals surface area contributed by atoms with Gasteiger partial charge in [0.15, 0.2) is 0 Å². The molecule has 0 aromatic carbocycles. The van der Waals surface area contributed by atoms with Crippen LogP contribution in [0.3, 0.4) is 0 Å². The number of nitrogens with zero attached hydrogens (tertiary/aromatic N) is 1. The molecular formula is C9H20ClNO. The second kappa shape index (κ2) is 9.30. The number of hydrogen-bond donors (Lipinski definition) is 0. The highest BCUT2D eigenvalue weighted by atomic mass is 35.5. The molecule has 0 fully saturated rings. The summed E-state index contributed by atoms with van der Waals surface area (Å²) in [5, 5.41) is 0. The van der Waals surface area contributed by atoms with Crippen molar-refractivity contribution in [3.8, 4) is 0 Å². The van der Waals surface area contributed by atoms with Crippen molar-refractivity contribution < 1.29 is 4.74 Å². The van der Waals surface area contributed by atoms with Crippen molar-refractivity contribution in [1.29, 1.82) is 0 Å². The van der Waals surface area contributed by atoms with Crippen LogP contribution in [0, 0.1) is 0 Å². The molecule has 0 rings (SSSR count). The lowest BCUT2D eigenvalue weighted by molar-refractivity contribution is 0.123. The topological polar surface area (TPSA) is 12.5 Å². The second-order valence-corrected chi connectivity index (χ2v) is 3.34. The molecule has 0 N–H and O–H groups in total. The van der Waals surface area contributed by atoms with Crippen LogP contribution in [0.4, 0.5) is 0 Å². The molecule has 74 valence electrons. The zero-order chi connectivity index (χ0) is 9.23. The van der Waals surface area contributed by atoms with E-state index in [4.69, 9.17) is 16.3 Å². The predicted molar refractivity (Wildman–Crippen MR) is 53.9 cm³/mol. The molecule has 0 saturated carbocycles. The van der Waals surface area contributed by atoms with E-state index < -0.39 is 0 Å². The third kappa shape index (κ3) is 8.31. The van der Waals surface area contributed by atoms with Gasteiger partial charge in [0.2, 0.25) is 0 Å². The minimum Gasteiger partial charge on any atom is -0.379 e. The van der Waals surface area contributed by atoms with Crippen molar-refractivity contribution in [3.05, 3.63) is 0 Å². The lowest BCUT2D eigenvalue weighted by Gasteiger charge is -2.15. The van der Waals surface area contributed by atoms with E-state index in [0.717, 1.165) is 13.2 Å². The van der Waals surface area contributed by atoms with Crippen LogP contribution in [-0.4, -0.2) is 44.1 Å². The summed E-state index contributed by atoms with van der Waals surface area (Å²) in [5.74, 6) is 0.596. The van der Waals surface area contributed by atoms with Crippen molar-refractivity contribution in [3.63, 3.8) is 0 Å². The van der Waals surface area contributed by atoms with Gasteiger partial charge < -0.3 is 9.64 Å². The van der Waals surface area contributed by atoms with E-state index in [-0.39, 0.29) is 0 Å². The normalized spacial score (nSPS) is 11.0. The van der Waals surface area contributed by atoms with Crippen LogP contribution >= 0.6 is 11.6 Å². The molecule has 0 aliphatic rings. The number of hydrogen-bond acceptors (Lipinski definition) is 2. The van der Waals surface area contributed by atoms with Gasteiger partial charge in [0.25, 0.3) is 0 Å². The maximum Gasteiger partial charge on any atom is 0.0602 e. The molecule has 0 spiro atoms. The molecule has 0 amide bonds. The SMILES string of the molecule is CCCCN(C)CCOCCCl. The van der Waals surface area contributed by atoms with E-state index in [1.165, 1.54) is 19.4 Å². The van der Waals surface area contributed by atoms with Gasteiger partial charge in [-0.1, -0.05) is 13.3 Å². The Bertz CT molecular complexity index is 90.6. The number of halogens is 1. The van der Waals surface area contributed by atoms with Crippen molar-refractivity contribution in [2.75, 3.05) is 39.2 Å². The molecule has 0 aliphatic heterocycles. The number of alkyl halides is 1. The average molecular weight is 194 g/mol. The molecule has 0 aromatic heterocycles. The molecule has 0 aliphatic carbocycles. The van der Waals surface area contributed by atoms with E-state index in [1.807, 2.05) is 0 Å². The van der Waals surface area contributed by atoms with Crippen LogP contribution in [0.2, 0.25) is 0 Å². The van der Waals surface area contributed by atoms with Gasteiger partial charge in [0.05, 0.1) is 13.2 Å². The zero-order valence-electron chi connectivity index (χ0n) is 8.18. The summed E-state index contributed by atoms with van der Waals surface area (Å²) in [4.78, 5) is 2.29. The van der Waals surface area contributed by atoms with Crippen LogP contribution in [-0.2, 0) is 4.74 Å². The standard InChI is InChI=1S/C9H20ClNO/c1-3-4-6-11(2)7-9-12-8-5-10/h3-9H2,1-2H3. The van der Waals surface area contributed by atoms with E-state index in [9.17, 15) is 0 Å². The van der Waals surface area contributed by atoms with Gasteiger partial charge in [-0.3, -0.25) is 0 Å². The Morgan fingerprint density at radius 1 is 1.25 bits per heavy atom. The summed E-state index contributed by atoms with van der Waals surface area (Å²) in [7, 11) is 2.12. The highest BCUT2D eigenvalue weighted by molar-refractivity contribution is 6.17. The summed E-state index contributed by atoms with van der Waals surface area (Å²) in [6.45, 7) is 5.85. The van der Waals surface area contributed by atoms with Crippen molar-refractivity contribution in [2.45, 2.75) is 19.8 Å². The molecule has 0 atom stereocenters. The third-order valence-electron chi connectivity index (χ3n) is 1.73. The first kappa shape index (κ1) is 12.2. The van der Waals surface area contributed by atoms with Crippen LogP contribution in [0.5, 0.6) is 0 Å². The molecule has 3 heteroatoms. The van der Waals surface area contributed by atoms with E-state index in [0.29, 0.717) is 12.5 Å². The fraction of sp³-hybridized carbons (Fsp3) is 1.00. The summed E-state index contributed by atoms with van der Waals surface area (Å²) < 4.78 is 5.26. The average Bonchev–Trinajstić information content (AvgIpc) is 2.09. The first-order valence-corrected chi connectivity index (χ1v) is 5.17. The Labute approximate surface area is 80.8 Å². The molecule has 0 radical (unpaired) electrons. The Hall–Kier alpha value is 0.210. The molecule has 0 bridgehead atoms. The molecule has 12 heavy (non-hydrogen) atoms. The Morgan fingerprint density at radius 3 is 2.58 bits per heavy atom. The molecule has 0 unspecified atom stereocenters. The lowest BCUT2D eigenvalue weighted by Crippen LogP contribution is -2.24. The highest BCUT2D eigenvalue weighted by Crippen LogP contribution is 1.91. The van der Waals surface area contributed by atoms with Gasteiger partial charge in [0, 0.05) is 12.4 Å². The lowest BCUT2D eigenvalue weighted by atomic mass is 10.3. The number of ether oxygens (including phenoxy) is 1. The van der Waals surface area contributed by atoms with Gasteiger partial charge in [-0.25, -0.2) is 0 Å². The smallest absolute Gasteiger partial charge is 0.0602 e. The molecule has 0 aromatic rings. The van der Waals surface area contributed by atoms with Crippen LogP contribution in [0.25, 0.3) is 0 Å². The van der Waals surface area contributed by atoms with E-state index >= 15 is 0 Å². The fourth-order valence-electron chi connectivity index (χ4n) is 0.917. The minimum atomic E-state index is 0.596. The molecule has 0 heterocycles. The van der Waals surface area contributed by atoms with Gasteiger partial charge in [-0.2, -0.15) is 0 Å². The van der Waals surface area contributed by atoms with Crippen LogP contribution in [0.15, 0.2) is 0 Å². The summed E-state index contributed by atoms with van der Waals surface area (Å²) in [6, 6.07) is 0. The van der Waals surface area contributed by atoms with E-state index in [2.05, 4.69) is 18.9 Å². The largest absolute Gasteiger partial charge is 0.379 e. The van der Waals surface area contributed by atoms with Gasteiger partial charge in [0.1, 0.15) is 0 Å². The minimum absolute atomic E-state index is 0.596. The van der Waals surface area contributed by atoms with Gasteiger partial charge in [-0.15, -0.1) is 11.6 Å². The first-order valence-electron chi connectivity index (χ1n) is 4.63. The van der Waals surface area contributed by atoms with Crippen molar-refractivity contribution in [1.82, 2.24) is 4.90 Å². The number of likely N-dealkylation sites (N-methyl/N-ethyl adjacent to an activating group) is 1. The van der Waals surface area contributed by atoms with Crippen molar-refractivity contribution in [2.24, 2.45) is 0 Å². The van der Waals surface area contributed by atoms with Crippen LogP contribution in [0.1, 0.15) is 19.8 Å². The Balaban J connectivity index is 3.02. The molecule has 2 nitrogen and oxygen atoms in total. The second-order valence-electron chi connectivity index (χ2n) is 2.96. The Kier molecular flexibility index (Phi) is 9.46. The predicted octanol–water partition coefficient (Wildman–Crippen LogP) is 1.97. The summed E-state index contributed by atoms with van der Waals surface area (Å²) in [6.07, 6.45) is 2.53. The monoisotopic (exact) mass is 193 g/mol. The third-order valence-corrected chi connectivity index (χ3v) is 1.89. The first-order chi connectivity index (χ1) is 5.81. The van der Waals surface area contributed by atoms with Crippen LogP contribution < -0.4 is 0 Å². The number of unbranched alkanes of at least 4 members (excludes halogenated alkanes) is 1. The molecule has 0 saturated heterocycles. The number of rotatable bonds is 8. The Morgan fingerprint density at radius 2 is 2.00 bits per heavy atom. The fourth-order valence-corrected chi connectivity index (χ4v) is 1.03. The van der Waals surface area contributed by atoms with E-state index in [1.54, 1.807) is 0 Å². The van der Waals surface area contributed by atoms with Gasteiger partial charge >= 0.3 is 0 Å². The summed E-state index contributed by atoms with van der Waals surface area (Å²) >= 11 is 5.46. The zero-order valence-corrected chi connectivity index (χ0v) is 8.94. The molecular weight excluding hydrogens is 174 g/mol. The maximum absolute atomic E-state index is 5.46.